The van der Waals surface area contributed by atoms with E-state index in [2.05, 4.69) is 10.1 Å². The van der Waals surface area contributed by atoms with Crippen molar-refractivity contribution in [3.63, 3.8) is 0 Å². The Kier molecular flexibility index (Phi) is 7.46. The summed E-state index contributed by atoms with van der Waals surface area (Å²) in [6.07, 6.45) is 0.478. The number of methoxy groups -OCH3 is 1. The average molecular weight is 416 g/mol. The number of benzene rings is 1. The first-order chi connectivity index (χ1) is 13.2. The van der Waals surface area contributed by atoms with Gasteiger partial charge in [0.15, 0.2) is 6.61 Å². The Balaban J connectivity index is 1.81. The van der Waals surface area contributed by atoms with E-state index in [-0.39, 0.29) is 37.4 Å². The molecule has 0 bridgehead atoms. The standard InChI is InChI=1S/C17H21FN2O7S/c1-26-16(22)10-19-15(21)11-27-17(23)12-6-8-20(9-7-12)28(24,25)14-4-2-13(18)3-5-14/h2-5,12H,6-11H2,1H3,(H,19,21). The van der Waals surface area contributed by atoms with E-state index in [0.29, 0.717) is 0 Å². The molecule has 11 heteroatoms. The molecule has 0 aliphatic carbocycles. The van der Waals surface area contributed by atoms with Crippen LogP contribution in [0.25, 0.3) is 0 Å². The number of hydrogen-bond donors (Lipinski definition) is 1. The lowest BCUT2D eigenvalue weighted by molar-refractivity contribution is -0.154. The van der Waals surface area contributed by atoms with E-state index >= 15 is 0 Å². The highest BCUT2D eigenvalue weighted by Gasteiger charge is 2.33. The normalized spacial score (nSPS) is 15.6. The van der Waals surface area contributed by atoms with Crippen LogP contribution in [0.4, 0.5) is 4.39 Å². The van der Waals surface area contributed by atoms with Crippen LogP contribution in [0.5, 0.6) is 0 Å². The van der Waals surface area contributed by atoms with Gasteiger partial charge in [-0.25, -0.2) is 12.8 Å². The predicted molar refractivity (Wildman–Crippen MR) is 93.9 cm³/mol. The van der Waals surface area contributed by atoms with Gasteiger partial charge in [-0.3, -0.25) is 14.4 Å². The summed E-state index contributed by atoms with van der Waals surface area (Å²) in [6.45, 7) is -0.654. The minimum absolute atomic E-state index is 0.0165. The molecule has 1 saturated heterocycles. The van der Waals surface area contributed by atoms with Gasteiger partial charge in [0.2, 0.25) is 10.0 Å². The molecule has 1 aromatic rings. The molecule has 154 valence electrons. The number of esters is 2. The minimum Gasteiger partial charge on any atom is -0.468 e. The molecule has 1 aliphatic heterocycles. The summed E-state index contributed by atoms with van der Waals surface area (Å²) in [4.78, 5) is 34.5. The Morgan fingerprint density at radius 3 is 2.36 bits per heavy atom. The van der Waals surface area contributed by atoms with Crippen molar-refractivity contribution in [3.8, 4) is 0 Å². The number of nitrogens with zero attached hydrogens (tertiary/aromatic N) is 1. The largest absolute Gasteiger partial charge is 0.468 e. The van der Waals surface area contributed by atoms with Gasteiger partial charge in [0.05, 0.1) is 17.9 Å². The van der Waals surface area contributed by atoms with Crippen molar-refractivity contribution < 1.29 is 36.7 Å². The highest BCUT2D eigenvalue weighted by molar-refractivity contribution is 7.89. The maximum atomic E-state index is 13.0. The van der Waals surface area contributed by atoms with Crippen molar-refractivity contribution in [1.29, 1.82) is 0 Å². The number of sulfonamides is 1. The van der Waals surface area contributed by atoms with Crippen molar-refractivity contribution >= 4 is 27.9 Å². The van der Waals surface area contributed by atoms with Gasteiger partial charge in [0.25, 0.3) is 5.91 Å². The van der Waals surface area contributed by atoms with Gasteiger partial charge in [-0.05, 0) is 37.1 Å². The van der Waals surface area contributed by atoms with E-state index in [0.717, 1.165) is 12.1 Å². The average Bonchev–Trinajstić information content (AvgIpc) is 2.70. The summed E-state index contributed by atoms with van der Waals surface area (Å²) in [5.74, 6) is -2.94. The third-order valence-electron chi connectivity index (χ3n) is 4.24. The lowest BCUT2D eigenvalue weighted by Gasteiger charge is -2.30. The monoisotopic (exact) mass is 416 g/mol. The number of amides is 1. The van der Waals surface area contributed by atoms with Gasteiger partial charge >= 0.3 is 11.9 Å². The highest BCUT2D eigenvalue weighted by atomic mass is 32.2. The first-order valence-electron chi connectivity index (χ1n) is 8.50. The number of carbonyl (C=O) groups is 3. The van der Waals surface area contributed by atoms with Gasteiger partial charge in [0.1, 0.15) is 12.4 Å². The summed E-state index contributed by atoms with van der Waals surface area (Å²) < 4.78 is 48.6. The Bertz CT molecular complexity index is 818. The Morgan fingerprint density at radius 1 is 1.18 bits per heavy atom. The molecule has 1 fully saturated rings. The maximum absolute atomic E-state index is 13.0. The number of hydrogen-bond acceptors (Lipinski definition) is 7. The van der Waals surface area contributed by atoms with Crippen molar-refractivity contribution in [2.45, 2.75) is 17.7 Å². The zero-order valence-electron chi connectivity index (χ0n) is 15.2. The van der Waals surface area contributed by atoms with Gasteiger partial charge < -0.3 is 14.8 Å². The van der Waals surface area contributed by atoms with Crippen LogP contribution in [0.15, 0.2) is 29.2 Å². The molecule has 0 saturated carbocycles. The Morgan fingerprint density at radius 2 is 1.79 bits per heavy atom. The third kappa shape index (κ3) is 5.73. The summed E-state index contributed by atoms with van der Waals surface area (Å²) in [7, 11) is -2.59. The molecular weight excluding hydrogens is 395 g/mol. The molecule has 9 nitrogen and oxygen atoms in total. The minimum atomic E-state index is -3.77. The number of rotatable bonds is 7. The van der Waals surface area contributed by atoms with Crippen molar-refractivity contribution in [1.82, 2.24) is 9.62 Å². The van der Waals surface area contributed by atoms with Crippen molar-refractivity contribution in [3.05, 3.63) is 30.1 Å². The number of ether oxygens (including phenoxy) is 2. The molecule has 0 spiro atoms. The summed E-state index contributed by atoms with van der Waals surface area (Å²) >= 11 is 0. The molecular formula is C17H21FN2O7S. The third-order valence-corrected chi connectivity index (χ3v) is 6.15. The van der Waals surface area contributed by atoms with Crippen LogP contribution in [-0.2, 0) is 33.9 Å². The molecule has 0 unspecified atom stereocenters. The molecule has 1 N–H and O–H groups in total. The highest BCUT2D eigenvalue weighted by Crippen LogP contribution is 2.24. The van der Waals surface area contributed by atoms with Crippen LogP contribution < -0.4 is 5.32 Å². The Labute approximate surface area is 161 Å². The van der Waals surface area contributed by atoms with Gasteiger partial charge in [-0.15, -0.1) is 0 Å². The first kappa shape index (κ1) is 21.8. The number of piperidine rings is 1. The summed E-state index contributed by atoms with van der Waals surface area (Å²) in [6, 6.07) is 4.53. The molecule has 1 heterocycles. The van der Waals surface area contributed by atoms with Crippen molar-refractivity contribution in [2.24, 2.45) is 5.92 Å². The fourth-order valence-electron chi connectivity index (χ4n) is 2.64. The zero-order chi connectivity index (χ0) is 20.7. The van der Waals surface area contributed by atoms with E-state index in [1.807, 2.05) is 0 Å². The van der Waals surface area contributed by atoms with E-state index in [1.54, 1.807) is 0 Å². The molecule has 1 amide bonds. The molecule has 1 aromatic carbocycles. The van der Waals surface area contributed by atoms with Crippen LogP contribution in [0.1, 0.15) is 12.8 Å². The number of carbonyl (C=O) groups excluding carboxylic acids is 3. The number of nitrogens with one attached hydrogen (secondary N) is 1. The lowest BCUT2D eigenvalue weighted by atomic mass is 9.98. The van der Waals surface area contributed by atoms with E-state index in [1.165, 1.54) is 23.5 Å². The van der Waals surface area contributed by atoms with Gasteiger partial charge in [-0.2, -0.15) is 4.31 Å². The summed E-state index contributed by atoms with van der Waals surface area (Å²) in [5, 5.41) is 2.24. The van der Waals surface area contributed by atoms with Crippen LogP contribution in [0.2, 0.25) is 0 Å². The number of halogens is 1. The van der Waals surface area contributed by atoms with Crippen LogP contribution in [0, 0.1) is 11.7 Å². The molecule has 0 aromatic heterocycles. The van der Waals surface area contributed by atoms with E-state index < -0.39 is 46.2 Å². The smallest absolute Gasteiger partial charge is 0.325 e. The second-order valence-corrected chi connectivity index (χ2v) is 8.03. The SMILES string of the molecule is COC(=O)CNC(=O)COC(=O)C1CCN(S(=O)(=O)c2ccc(F)cc2)CC1. The topological polar surface area (TPSA) is 119 Å². The van der Waals surface area contributed by atoms with Crippen LogP contribution >= 0.6 is 0 Å². The quantitative estimate of drug-likeness (QED) is 0.624. The fourth-order valence-corrected chi connectivity index (χ4v) is 4.11. The first-order valence-corrected chi connectivity index (χ1v) is 9.94. The molecule has 28 heavy (non-hydrogen) atoms. The maximum Gasteiger partial charge on any atom is 0.325 e. The molecule has 0 atom stereocenters. The van der Waals surface area contributed by atoms with E-state index in [4.69, 9.17) is 4.74 Å². The molecule has 0 radical (unpaired) electrons. The summed E-state index contributed by atoms with van der Waals surface area (Å²) in [5.41, 5.74) is 0. The van der Waals surface area contributed by atoms with Crippen LogP contribution in [0.3, 0.4) is 0 Å². The Hall–Kier alpha value is -2.53. The fraction of sp³-hybridized carbons (Fsp3) is 0.471. The predicted octanol–water partition coefficient (Wildman–Crippen LogP) is 0.0588. The van der Waals surface area contributed by atoms with Gasteiger partial charge in [0, 0.05) is 13.1 Å². The zero-order valence-corrected chi connectivity index (χ0v) is 16.0. The van der Waals surface area contributed by atoms with Crippen molar-refractivity contribution in [2.75, 3.05) is 33.4 Å². The van der Waals surface area contributed by atoms with Crippen LogP contribution in [-0.4, -0.2) is 63.9 Å². The molecule has 2 rings (SSSR count). The lowest BCUT2D eigenvalue weighted by Crippen LogP contribution is -2.41. The second kappa shape index (κ2) is 9.60. The second-order valence-electron chi connectivity index (χ2n) is 6.09. The molecule has 1 aliphatic rings. The van der Waals surface area contributed by atoms with E-state index in [9.17, 15) is 27.2 Å². The van der Waals surface area contributed by atoms with Gasteiger partial charge in [-0.1, -0.05) is 0 Å².